The zero-order valence-electron chi connectivity index (χ0n) is 10.4. The monoisotopic (exact) mass is 230 g/mol. The number of hydrogen-bond donors (Lipinski definition) is 1. The summed E-state index contributed by atoms with van der Waals surface area (Å²) in [5.41, 5.74) is 2.62. The molecule has 0 amide bonds. The van der Waals surface area contributed by atoms with Gasteiger partial charge < -0.3 is 14.6 Å². The van der Waals surface area contributed by atoms with Crippen molar-refractivity contribution in [2.75, 3.05) is 7.11 Å². The Bertz CT molecular complexity index is 540. The Balaban J connectivity index is 1.96. The summed E-state index contributed by atoms with van der Waals surface area (Å²) in [5, 5.41) is 4.85. The molecule has 3 heteroatoms. The summed E-state index contributed by atoms with van der Waals surface area (Å²) in [6.45, 7) is 0.954. The van der Waals surface area contributed by atoms with Crippen LogP contribution in [0.1, 0.15) is 18.4 Å². The van der Waals surface area contributed by atoms with Gasteiger partial charge in [-0.2, -0.15) is 0 Å². The number of aryl methyl sites for hydroxylation is 1. The molecule has 1 fully saturated rings. The van der Waals surface area contributed by atoms with Gasteiger partial charge in [-0.3, -0.25) is 0 Å². The minimum Gasteiger partial charge on any atom is -0.497 e. The van der Waals surface area contributed by atoms with E-state index in [1.54, 1.807) is 7.11 Å². The van der Waals surface area contributed by atoms with Crippen LogP contribution in [0.15, 0.2) is 24.4 Å². The third-order valence-corrected chi connectivity index (χ3v) is 3.44. The quantitative estimate of drug-likeness (QED) is 0.873. The van der Waals surface area contributed by atoms with Gasteiger partial charge in [0.25, 0.3) is 0 Å². The molecule has 0 unspecified atom stereocenters. The molecule has 0 saturated heterocycles. The lowest BCUT2D eigenvalue weighted by atomic mass is 10.1. The van der Waals surface area contributed by atoms with Gasteiger partial charge in [-0.05, 0) is 36.6 Å². The Labute approximate surface area is 101 Å². The first kappa shape index (κ1) is 10.7. The average Bonchev–Trinajstić information content (AvgIpc) is 3.12. The van der Waals surface area contributed by atoms with E-state index in [1.165, 1.54) is 29.3 Å². The van der Waals surface area contributed by atoms with Crippen molar-refractivity contribution < 1.29 is 4.74 Å². The van der Waals surface area contributed by atoms with Crippen LogP contribution in [0.5, 0.6) is 5.75 Å². The van der Waals surface area contributed by atoms with E-state index >= 15 is 0 Å². The molecule has 1 aromatic carbocycles. The van der Waals surface area contributed by atoms with E-state index < -0.39 is 0 Å². The van der Waals surface area contributed by atoms with Crippen LogP contribution in [-0.2, 0) is 13.6 Å². The van der Waals surface area contributed by atoms with E-state index in [0.29, 0.717) is 0 Å². The summed E-state index contributed by atoms with van der Waals surface area (Å²) in [6, 6.07) is 7.00. The lowest BCUT2D eigenvalue weighted by Gasteiger charge is -2.03. The van der Waals surface area contributed by atoms with Crippen LogP contribution >= 0.6 is 0 Å². The van der Waals surface area contributed by atoms with Gasteiger partial charge >= 0.3 is 0 Å². The molecule has 0 aliphatic heterocycles. The highest BCUT2D eigenvalue weighted by molar-refractivity contribution is 5.85. The normalized spacial score (nSPS) is 15.4. The summed E-state index contributed by atoms with van der Waals surface area (Å²) in [5.74, 6) is 0.927. The first-order valence-corrected chi connectivity index (χ1v) is 6.13. The second-order valence-corrected chi connectivity index (χ2v) is 4.80. The molecule has 1 N–H and O–H groups in total. The number of aromatic nitrogens is 1. The lowest BCUT2D eigenvalue weighted by Crippen LogP contribution is -2.14. The molecule has 3 rings (SSSR count). The highest BCUT2D eigenvalue weighted by Crippen LogP contribution is 2.26. The van der Waals surface area contributed by atoms with Crippen LogP contribution in [0.3, 0.4) is 0 Å². The number of ether oxygens (including phenoxy) is 1. The minimum atomic E-state index is 0.746. The average molecular weight is 230 g/mol. The van der Waals surface area contributed by atoms with Gasteiger partial charge in [-0.15, -0.1) is 0 Å². The molecule has 1 aromatic heterocycles. The molecular formula is C14H18N2O. The summed E-state index contributed by atoms with van der Waals surface area (Å²) < 4.78 is 7.47. The molecule has 1 aliphatic carbocycles. The third kappa shape index (κ3) is 2.03. The molecule has 90 valence electrons. The van der Waals surface area contributed by atoms with Crippen molar-refractivity contribution in [3.63, 3.8) is 0 Å². The maximum Gasteiger partial charge on any atom is 0.119 e. The summed E-state index contributed by atoms with van der Waals surface area (Å²) in [6.07, 6.45) is 4.86. The van der Waals surface area contributed by atoms with Crippen LogP contribution in [-0.4, -0.2) is 17.7 Å². The fourth-order valence-corrected chi connectivity index (χ4v) is 2.26. The van der Waals surface area contributed by atoms with Gasteiger partial charge in [0, 0.05) is 36.7 Å². The second-order valence-electron chi connectivity index (χ2n) is 4.80. The molecule has 0 spiro atoms. The number of fused-ring (bicyclic) bond motifs is 1. The molecule has 2 aromatic rings. The minimum absolute atomic E-state index is 0.746. The number of methoxy groups -OCH3 is 1. The van der Waals surface area contributed by atoms with Crippen molar-refractivity contribution in [2.24, 2.45) is 7.05 Å². The number of nitrogens with one attached hydrogen (secondary N) is 1. The van der Waals surface area contributed by atoms with Gasteiger partial charge in [-0.1, -0.05) is 0 Å². The van der Waals surface area contributed by atoms with E-state index in [2.05, 4.69) is 35.3 Å². The zero-order chi connectivity index (χ0) is 11.8. The van der Waals surface area contributed by atoms with Gasteiger partial charge in [-0.25, -0.2) is 0 Å². The Morgan fingerprint density at radius 2 is 2.24 bits per heavy atom. The predicted molar refractivity (Wildman–Crippen MR) is 69.3 cm³/mol. The number of hydrogen-bond acceptors (Lipinski definition) is 2. The Kier molecular flexibility index (Phi) is 2.56. The van der Waals surface area contributed by atoms with E-state index in [0.717, 1.165) is 18.3 Å². The van der Waals surface area contributed by atoms with Gasteiger partial charge in [0.15, 0.2) is 0 Å². The van der Waals surface area contributed by atoms with Crippen LogP contribution in [0, 0.1) is 0 Å². The Hall–Kier alpha value is -1.48. The molecule has 0 radical (unpaired) electrons. The van der Waals surface area contributed by atoms with E-state index in [9.17, 15) is 0 Å². The van der Waals surface area contributed by atoms with Gasteiger partial charge in [0.05, 0.1) is 7.11 Å². The topological polar surface area (TPSA) is 26.2 Å². The number of benzene rings is 1. The molecule has 17 heavy (non-hydrogen) atoms. The first-order valence-electron chi connectivity index (χ1n) is 6.13. The molecule has 1 heterocycles. The molecule has 1 saturated carbocycles. The third-order valence-electron chi connectivity index (χ3n) is 3.44. The maximum absolute atomic E-state index is 5.29. The van der Waals surface area contributed by atoms with Gasteiger partial charge in [0.1, 0.15) is 5.75 Å². The predicted octanol–water partition coefficient (Wildman–Crippen LogP) is 2.44. The van der Waals surface area contributed by atoms with Crippen molar-refractivity contribution >= 4 is 10.9 Å². The fraction of sp³-hybridized carbons (Fsp3) is 0.429. The Morgan fingerprint density at radius 1 is 1.41 bits per heavy atom. The van der Waals surface area contributed by atoms with Crippen molar-refractivity contribution in [1.29, 1.82) is 0 Å². The molecule has 1 aliphatic rings. The van der Waals surface area contributed by atoms with E-state index in [1.807, 2.05) is 6.07 Å². The summed E-state index contributed by atoms with van der Waals surface area (Å²) >= 11 is 0. The lowest BCUT2D eigenvalue weighted by molar-refractivity contribution is 0.415. The summed E-state index contributed by atoms with van der Waals surface area (Å²) in [4.78, 5) is 0. The van der Waals surface area contributed by atoms with Crippen LogP contribution in [0.25, 0.3) is 10.9 Å². The van der Waals surface area contributed by atoms with Crippen molar-refractivity contribution in [1.82, 2.24) is 9.88 Å². The standard InChI is InChI=1S/C14H18N2O/c1-16-9-10(8-15-11-3-4-11)13-7-12(17-2)5-6-14(13)16/h5-7,9,11,15H,3-4,8H2,1-2H3. The van der Waals surface area contributed by atoms with Crippen molar-refractivity contribution in [3.05, 3.63) is 30.0 Å². The molecular weight excluding hydrogens is 212 g/mol. The molecule has 3 nitrogen and oxygen atoms in total. The van der Waals surface area contributed by atoms with E-state index in [4.69, 9.17) is 4.74 Å². The van der Waals surface area contributed by atoms with Crippen LogP contribution < -0.4 is 10.1 Å². The Morgan fingerprint density at radius 3 is 2.94 bits per heavy atom. The molecule has 0 atom stereocenters. The molecule has 0 bridgehead atoms. The highest BCUT2D eigenvalue weighted by Gasteiger charge is 2.20. The smallest absolute Gasteiger partial charge is 0.119 e. The fourth-order valence-electron chi connectivity index (χ4n) is 2.26. The van der Waals surface area contributed by atoms with Crippen molar-refractivity contribution in [2.45, 2.75) is 25.4 Å². The summed E-state index contributed by atoms with van der Waals surface area (Å²) in [7, 11) is 3.81. The highest BCUT2D eigenvalue weighted by atomic mass is 16.5. The number of nitrogens with zero attached hydrogens (tertiary/aromatic N) is 1. The van der Waals surface area contributed by atoms with Gasteiger partial charge in [0.2, 0.25) is 0 Å². The van der Waals surface area contributed by atoms with Crippen molar-refractivity contribution in [3.8, 4) is 5.75 Å². The van der Waals surface area contributed by atoms with Crippen LogP contribution in [0.2, 0.25) is 0 Å². The second kappa shape index (κ2) is 4.08. The van der Waals surface area contributed by atoms with Crippen LogP contribution in [0.4, 0.5) is 0 Å². The van der Waals surface area contributed by atoms with E-state index in [-0.39, 0.29) is 0 Å². The zero-order valence-corrected chi connectivity index (χ0v) is 10.4. The first-order chi connectivity index (χ1) is 8.28. The maximum atomic E-state index is 5.29. The number of rotatable bonds is 4. The largest absolute Gasteiger partial charge is 0.497 e. The SMILES string of the molecule is COc1ccc2c(c1)c(CNC1CC1)cn2C.